The number of Topliss-reactive ketones (excluding diaryl/α,β-unsaturated/α-hetero) is 1. The van der Waals surface area contributed by atoms with E-state index in [-0.39, 0.29) is 30.6 Å². The summed E-state index contributed by atoms with van der Waals surface area (Å²) in [5, 5.41) is 1.84. The van der Waals surface area contributed by atoms with Gasteiger partial charge in [0.15, 0.2) is 5.78 Å². The van der Waals surface area contributed by atoms with Crippen LogP contribution in [0.3, 0.4) is 0 Å². The molecule has 2 aromatic rings. The summed E-state index contributed by atoms with van der Waals surface area (Å²) in [6, 6.07) is 4.73. The number of nitrogens with one attached hydrogen (secondary N) is 1. The zero-order chi connectivity index (χ0) is 17.8. The number of aromatic amines is 1. The molecule has 0 aliphatic carbocycles. The average Bonchev–Trinajstić information content (AvgIpc) is 3.14. The van der Waals surface area contributed by atoms with E-state index < -0.39 is 11.2 Å². The number of hydrogen-bond acceptors (Lipinski definition) is 5. The summed E-state index contributed by atoms with van der Waals surface area (Å²) in [6.45, 7) is 1.04. The van der Waals surface area contributed by atoms with E-state index in [0.717, 1.165) is 12.8 Å². The van der Waals surface area contributed by atoms with Crippen molar-refractivity contribution in [3.8, 4) is 0 Å². The van der Waals surface area contributed by atoms with Crippen molar-refractivity contribution in [2.45, 2.75) is 31.7 Å². The van der Waals surface area contributed by atoms with Crippen molar-refractivity contribution in [3.05, 3.63) is 55.5 Å². The van der Waals surface area contributed by atoms with Gasteiger partial charge in [0.25, 0.3) is 5.56 Å². The maximum Gasteiger partial charge on any atom is 0.328 e. The highest BCUT2D eigenvalue weighted by molar-refractivity contribution is 7.12. The second-order valence-corrected chi connectivity index (χ2v) is 7.00. The van der Waals surface area contributed by atoms with E-state index in [2.05, 4.69) is 4.98 Å². The third kappa shape index (κ3) is 4.14. The van der Waals surface area contributed by atoms with Crippen molar-refractivity contribution < 1.29 is 9.59 Å². The Morgan fingerprint density at radius 1 is 1.24 bits per heavy atom. The van der Waals surface area contributed by atoms with Crippen LogP contribution in [0.5, 0.6) is 0 Å². The van der Waals surface area contributed by atoms with Gasteiger partial charge in [-0.05, 0) is 24.3 Å². The molecule has 0 radical (unpaired) electrons. The first-order valence-electron chi connectivity index (χ1n) is 8.20. The molecule has 1 saturated heterocycles. The lowest BCUT2D eigenvalue weighted by molar-refractivity contribution is -0.132. The maximum atomic E-state index is 12.4. The van der Waals surface area contributed by atoms with Crippen LogP contribution in [0, 0.1) is 0 Å². The van der Waals surface area contributed by atoms with Gasteiger partial charge in [0.05, 0.1) is 10.9 Å². The molecular weight excluding hydrogens is 342 g/mol. The molecule has 1 N–H and O–H groups in total. The fourth-order valence-corrected chi connectivity index (χ4v) is 3.76. The zero-order valence-corrected chi connectivity index (χ0v) is 14.5. The number of hydrogen-bond donors (Lipinski definition) is 1. The van der Waals surface area contributed by atoms with E-state index in [1.54, 1.807) is 11.0 Å². The van der Waals surface area contributed by atoms with E-state index in [1.165, 1.54) is 28.2 Å². The second-order valence-electron chi connectivity index (χ2n) is 6.05. The molecule has 7 nitrogen and oxygen atoms in total. The van der Waals surface area contributed by atoms with Gasteiger partial charge in [-0.2, -0.15) is 0 Å². The average molecular weight is 361 g/mol. The van der Waals surface area contributed by atoms with Crippen LogP contribution in [0.1, 0.15) is 41.4 Å². The normalized spacial score (nSPS) is 17.4. The van der Waals surface area contributed by atoms with E-state index in [9.17, 15) is 19.2 Å². The number of carbonyl (C=O) groups is 2. The lowest BCUT2D eigenvalue weighted by Gasteiger charge is -2.33. The van der Waals surface area contributed by atoms with E-state index >= 15 is 0 Å². The number of nitrogens with zero attached hydrogens (tertiary/aromatic N) is 2. The molecule has 8 heteroatoms. The number of piperidine rings is 1. The second kappa shape index (κ2) is 7.60. The number of thiophene rings is 1. The number of likely N-dealkylation sites (tertiary alicyclic amines) is 1. The van der Waals surface area contributed by atoms with Gasteiger partial charge >= 0.3 is 5.69 Å². The first kappa shape index (κ1) is 17.3. The van der Waals surface area contributed by atoms with Gasteiger partial charge in [0.2, 0.25) is 5.91 Å². The van der Waals surface area contributed by atoms with Crippen molar-refractivity contribution >= 4 is 23.0 Å². The SMILES string of the molecule is O=C(CCC(=O)N1CCCC(n2ccc(=O)[nH]c2=O)C1)c1cccs1. The largest absolute Gasteiger partial charge is 0.341 e. The van der Waals surface area contributed by atoms with Gasteiger partial charge < -0.3 is 4.90 Å². The minimum atomic E-state index is -0.459. The van der Waals surface area contributed by atoms with Gasteiger partial charge in [-0.3, -0.25) is 23.9 Å². The molecule has 1 atom stereocenters. The lowest BCUT2D eigenvalue weighted by atomic mass is 10.0. The minimum absolute atomic E-state index is 0.0197. The molecule has 132 valence electrons. The molecule has 3 rings (SSSR count). The molecule has 2 aromatic heterocycles. The summed E-state index contributed by atoms with van der Waals surface area (Å²) >= 11 is 1.38. The summed E-state index contributed by atoms with van der Waals surface area (Å²) in [5.74, 6) is -0.0964. The van der Waals surface area contributed by atoms with Gasteiger partial charge in [0, 0.05) is 38.2 Å². The summed E-state index contributed by atoms with van der Waals surface area (Å²) in [6.07, 6.45) is 3.38. The molecule has 1 amide bonds. The van der Waals surface area contributed by atoms with Crippen LogP contribution in [-0.2, 0) is 4.79 Å². The van der Waals surface area contributed by atoms with Crippen molar-refractivity contribution in [2.75, 3.05) is 13.1 Å². The number of aromatic nitrogens is 2. The van der Waals surface area contributed by atoms with E-state index in [1.807, 2.05) is 11.4 Å². The predicted octanol–water partition coefficient (Wildman–Crippen LogP) is 1.42. The van der Waals surface area contributed by atoms with Crippen molar-refractivity contribution in [3.63, 3.8) is 0 Å². The molecule has 1 fully saturated rings. The number of amides is 1. The number of ketones is 1. The lowest BCUT2D eigenvalue weighted by Crippen LogP contribution is -2.44. The standard InChI is InChI=1S/C17H19N3O4S/c21-13(14-4-2-10-25-14)5-6-16(23)19-8-1-3-12(11-19)20-9-7-15(22)18-17(20)24/h2,4,7,9-10,12H,1,3,5-6,8,11H2,(H,18,22,24). The fourth-order valence-electron chi connectivity index (χ4n) is 3.06. The van der Waals surface area contributed by atoms with Crippen LogP contribution in [0.15, 0.2) is 39.4 Å². The molecule has 1 aliphatic heterocycles. The summed E-state index contributed by atoms with van der Waals surface area (Å²) in [5.41, 5.74) is -0.892. The number of rotatable bonds is 5. The summed E-state index contributed by atoms with van der Waals surface area (Å²) in [7, 11) is 0. The maximum absolute atomic E-state index is 12.4. The Hall–Kier alpha value is -2.48. The van der Waals surface area contributed by atoms with Crippen LogP contribution < -0.4 is 11.2 Å². The Morgan fingerprint density at radius 2 is 2.08 bits per heavy atom. The Morgan fingerprint density at radius 3 is 2.80 bits per heavy atom. The highest BCUT2D eigenvalue weighted by Gasteiger charge is 2.25. The summed E-state index contributed by atoms with van der Waals surface area (Å²) in [4.78, 5) is 52.2. The number of H-pyrrole nitrogens is 1. The third-order valence-corrected chi connectivity index (χ3v) is 5.27. The van der Waals surface area contributed by atoms with Crippen molar-refractivity contribution in [1.29, 1.82) is 0 Å². The van der Waals surface area contributed by atoms with Crippen LogP contribution in [0.2, 0.25) is 0 Å². The van der Waals surface area contributed by atoms with Crippen molar-refractivity contribution in [1.82, 2.24) is 14.5 Å². The highest BCUT2D eigenvalue weighted by Crippen LogP contribution is 2.21. The first-order chi connectivity index (χ1) is 12.0. The molecule has 1 unspecified atom stereocenters. The van der Waals surface area contributed by atoms with E-state index in [4.69, 9.17) is 0 Å². The highest BCUT2D eigenvalue weighted by atomic mass is 32.1. The molecular formula is C17H19N3O4S. The quantitative estimate of drug-likeness (QED) is 0.816. The van der Waals surface area contributed by atoms with Gasteiger partial charge in [-0.25, -0.2) is 4.79 Å². The van der Waals surface area contributed by atoms with Crippen molar-refractivity contribution in [2.24, 2.45) is 0 Å². The molecule has 0 bridgehead atoms. The smallest absolute Gasteiger partial charge is 0.328 e. The first-order valence-corrected chi connectivity index (χ1v) is 9.08. The fraction of sp³-hybridized carbons (Fsp3) is 0.412. The van der Waals surface area contributed by atoms with E-state index in [0.29, 0.717) is 18.0 Å². The molecule has 25 heavy (non-hydrogen) atoms. The Kier molecular flexibility index (Phi) is 5.28. The van der Waals surface area contributed by atoms with Crippen LogP contribution in [-0.4, -0.2) is 39.2 Å². The predicted molar refractivity (Wildman–Crippen MR) is 94.1 cm³/mol. The minimum Gasteiger partial charge on any atom is -0.341 e. The molecule has 1 aliphatic rings. The zero-order valence-electron chi connectivity index (χ0n) is 13.6. The van der Waals surface area contributed by atoms with Crippen LogP contribution in [0.4, 0.5) is 0 Å². The van der Waals surface area contributed by atoms with Gasteiger partial charge in [-0.15, -0.1) is 11.3 Å². The van der Waals surface area contributed by atoms with Gasteiger partial charge in [-0.1, -0.05) is 6.07 Å². The molecule has 0 spiro atoms. The number of carbonyl (C=O) groups excluding carboxylic acids is 2. The monoisotopic (exact) mass is 361 g/mol. The molecule has 0 aromatic carbocycles. The van der Waals surface area contributed by atoms with Crippen LogP contribution >= 0.6 is 11.3 Å². The Balaban J connectivity index is 1.60. The summed E-state index contributed by atoms with van der Waals surface area (Å²) < 4.78 is 1.47. The molecule has 0 saturated carbocycles. The Labute approximate surface area is 147 Å². The topological polar surface area (TPSA) is 92.2 Å². The van der Waals surface area contributed by atoms with Crippen LogP contribution in [0.25, 0.3) is 0 Å². The molecule has 3 heterocycles. The van der Waals surface area contributed by atoms with Gasteiger partial charge in [0.1, 0.15) is 0 Å². The Bertz CT molecular complexity index is 869. The third-order valence-electron chi connectivity index (χ3n) is 4.36.